The van der Waals surface area contributed by atoms with Crippen molar-refractivity contribution in [3.05, 3.63) is 11.5 Å². The largest absolute Gasteiger partial charge is 0.476 e. The monoisotopic (exact) mass is 376 g/mol. The van der Waals surface area contributed by atoms with Crippen molar-refractivity contribution in [2.45, 2.75) is 18.5 Å². The molecule has 0 unspecified atom stereocenters. The van der Waals surface area contributed by atoms with Crippen molar-refractivity contribution in [3.8, 4) is 0 Å². The second-order valence-electron chi connectivity index (χ2n) is 5.11. The molecule has 0 spiro atoms. The van der Waals surface area contributed by atoms with Crippen LogP contribution in [0.15, 0.2) is 11.5 Å². The topological polar surface area (TPSA) is 87.2 Å². The zero-order valence-electron chi connectivity index (χ0n) is 11.1. The summed E-state index contributed by atoms with van der Waals surface area (Å²) < 4.78 is 5.34. The summed E-state index contributed by atoms with van der Waals surface area (Å²) in [5, 5.41) is 9.52. The molecular weight excluding hydrogens is 364 g/mol. The standard InChI is InChI=1S/C12H13BrN2O5S/c1-21-20-6-2-5-4-14(7(16)3-13)10-8(5)15(11(10)17)9(6)12(18)19/h5,8,10H,2-4H2,1H3,(H,18,19)/t5-,8-,10+/m1/s1. The number of amides is 2. The molecule has 0 aromatic carbocycles. The molecule has 7 nitrogen and oxygen atoms in total. The Kier molecular flexibility index (Phi) is 3.64. The number of carbonyl (C=O) groups excluding carboxylic acids is 2. The lowest BCUT2D eigenvalue weighted by molar-refractivity contribution is -0.160. The molecule has 0 bridgehead atoms. The van der Waals surface area contributed by atoms with Crippen LogP contribution in [0.1, 0.15) is 6.42 Å². The molecule has 3 heterocycles. The van der Waals surface area contributed by atoms with Gasteiger partial charge in [-0.25, -0.2) is 4.79 Å². The molecule has 21 heavy (non-hydrogen) atoms. The molecule has 3 atom stereocenters. The van der Waals surface area contributed by atoms with Crippen LogP contribution < -0.4 is 0 Å². The fraction of sp³-hybridized carbons (Fsp3) is 0.583. The second kappa shape index (κ2) is 5.20. The molecular formula is C12H13BrN2O5S. The highest BCUT2D eigenvalue weighted by atomic mass is 79.9. The van der Waals surface area contributed by atoms with Crippen molar-refractivity contribution < 1.29 is 23.7 Å². The number of hydrogen-bond acceptors (Lipinski definition) is 5. The highest BCUT2D eigenvalue weighted by molar-refractivity contribution is 9.09. The molecule has 3 aliphatic rings. The van der Waals surface area contributed by atoms with E-state index in [0.29, 0.717) is 18.7 Å². The van der Waals surface area contributed by atoms with Crippen LogP contribution >= 0.6 is 28.0 Å². The molecule has 3 aliphatic heterocycles. The van der Waals surface area contributed by atoms with Crippen LogP contribution in [-0.4, -0.2) is 62.9 Å². The van der Waals surface area contributed by atoms with Gasteiger partial charge in [0.25, 0.3) is 5.91 Å². The molecule has 9 heteroatoms. The van der Waals surface area contributed by atoms with Gasteiger partial charge in [0.15, 0.2) is 5.70 Å². The number of carboxylic acid groups (broad SMARTS) is 1. The molecule has 0 radical (unpaired) electrons. The Hall–Kier alpha value is -1.22. The summed E-state index contributed by atoms with van der Waals surface area (Å²) in [7, 11) is 0. The number of carbonyl (C=O) groups is 3. The van der Waals surface area contributed by atoms with Gasteiger partial charge in [0, 0.05) is 25.1 Å². The Morgan fingerprint density at radius 3 is 2.81 bits per heavy atom. The van der Waals surface area contributed by atoms with Gasteiger partial charge in [-0.1, -0.05) is 15.9 Å². The van der Waals surface area contributed by atoms with E-state index in [4.69, 9.17) is 4.18 Å². The highest BCUT2D eigenvalue weighted by Gasteiger charge is 2.64. The zero-order chi connectivity index (χ0) is 15.3. The maximum Gasteiger partial charge on any atom is 0.356 e. The summed E-state index contributed by atoms with van der Waals surface area (Å²) in [6, 6.07) is -0.758. The third-order valence-corrected chi connectivity index (χ3v) is 4.98. The molecule has 2 fully saturated rings. The van der Waals surface area contributed by atoms with Crippen molar-refractivity contribution in [2.24, 2.45) is 5.92 Å². The van der Waals surface area contributed by atoms with Crippen LogP contribution in [0.25, 0.3) is 0 Å². The van der Waals surface area contributed by atoms with E-state index in [0.717, 1.165) is 12.0 Å². The first-order valence-corrected chi connectivity index (χ1v) is 8.64. The molecule has 0 aromatic heterocycles. The first-order valence-electron chi connectivity index (χ1n) is 6.36. The van der Waals surface area contributed by atoms with Gasteiger partial charge in [0.2, 0.25) is 5.91 Å². The van der Waals surface area contributed by atoms with E-state index >= 15 is 0 Å². The van der Waals surface area contributed by atoms with Crippen LogP contribution in [0.3, 0.4) is 0 Å². The van der Waals surface area contributed by atoms with Crippen molar-refractivity contribution in [1.82, 2.24) is 9.80 Å². The normalized spacial score (nSPS) is 30.2. The lowest BCUT2D eigenvalue weighted by Gasteiger charge is -2.49. The van der Waals surface area contributed by atoms with Crippen LogP contribution in [-0.2, 0) is 18.6 Å². The van der Waals surface area contributed by atoms with Gasteiger partial charge in [0.05, 0.1) is 23.4 Å². The maximum atomic E-state index is 12.3. The van der Waals surface area contributed by atoms with Crippen molar-refractivity contribution in [2.75, 3.05) is 18.1 Å². The number of β-lactam (4-membered cyclic amide) rings is 1. The Morgan fingerprint density at radius 1 is 1.52 bits per heavy atom. The van der Waals surface area contributed by atoms with E-state index < -0.39 is 12.0 Å². The first kappa shape index (κ1) is 14.7. The van der Waals surface area contributed by atoms with Crippen LogP contribution in [0.5, 0.6) is 0 Å². The van der Waals surface area contributed by atoms with Gasteiger partial charge in [-0.15, -0.1) is 0 Å². The second-order valence-corrected chi connectivity index (χ2v) is 6.18. The predicted octanol–water partition coefficient (Wildman–Crippen LogP) is 0.414. The van der Waals surface area contributed by atoms with E-state index in [1.54, 1.807) is 11.2 Å². The van der Waals surface area contributed by atoms with Gasteiger partial charge in [-0.05, 0) is 0 Å². The van der Waals surface area contributed by atoms with Crippen molar-refractivity contribution >= 4 is 45.8 Å². The summed E-state index contributed by atoms with van der Waals surface area (Å²) in [6.07, 6.45) is 2.12. The lowest BCUT2D eigenvalue weighted by atomic mass is 9.82. The van der Waals surface area contributed by atoms with Gasteiger partial charge < -0.3 is 14.2 Å². The molecule has 0 aliphatic carbocycles. The van der Waals surface area contributed by atoms with E-state index in [9.17, 15) is 19.5 Å². The predicted molar refractivity (Wildman–Crippen MR) is 77.3 cm³/mol. The summed E-state index contributed by atoms with van der Waals surface area (Å²) in [5.41, 5.74) is -0.0833. The molecule has 2 saturated heterocycles. The smallest absolute Gasteiger partial charge is 0.356 e. The fourth-order valence-electron chi connectivity index (χ4n) is 3.40. The Morgan fingerprint density at radius 2 is 2.24 bits per heavy atom. The third-order valence-electron chi connectivity index (χ3n) is 4.14. The van der Waals surface area contributed by atoms with E-state index in [1.807, 2.05) is 0 Å². The van der Waals surface area contributed by atoms with Gasteiger partial charge in [0.1, 0.15) is 11.8 Å². The number of nitrogens with zero attached hydrogens (tertiary/aromatic N) is 2. The number of carboxylic acids is 1. The molecule has 0 aromatic rings. The quantitative estimate of drug-likeness (QED) is 0.434. The SMILES string of the molecule is CSOC1=C(C(=O)O)N2C(=O)[C@@H]3[C@H]2[C@H](C1)CN3C(=O)CBr. The van der Waals surface area contributed by atoms with Gasteiger partial charge in [-0.2, -0.15) is 0 Å². The Labute approximate surface area is 133 Å². The third kappa shape index (κ3) is 1.97. The summed E-state index contributed by atoms with van der Waals surface area (Å²) in [6.45, 7) is 0.455. The number of rotatable bonds is 4. The van der Waals surface area contributed by atoms with E-state index in [-0.39, 0.29) is 34.8 Å². The van der Waals surface area contributed by atoms with E-state index in [1.165, 1.54) is 4.90 Å². The van der Waals surface area contributed by atoms with Gasteiger partial charge in [-0.3, -0.25) is 14.5 Å². The molecule has 2 amide bonds. The fourth-order valence-corrected chi connectivity index (χ4v) is 4.07. The Balaban J connectivity index is 1.95. The molecule has 0 saturated carbocycles. The van der Waals surface area contributed by atoms with Crippen LogP contribution in [0, 0.1) is 5.92 Å². The number of likely N-dealkylation sites (tertiary alicyclic amines) is 1. The van der Waals surface area contributed by atoms with E-state index in [2.05, 4.69) is 15.9 Å². The number of halogens is 1. The van der Waals surface area contributed by atoms with Crippen LogP contribution in [0.2, 0.25) is 0 Å². The average molecular weight is 377 g/mol. The number of hydrogen-bond donors (Lipinski definition) is 1. The first-order chi connectivity index (χ1) is 10.0. The van der Waals surface area contributed by atoms with Crippen LogP contribution in [0.4, 0.5) is 0 Å². The minimum atomic E-state index is -1.17. The Bertz CT molecular complexity index is 566. The highest BCUT2D eigenvalue weighted by Crippen LogP contribution is 2.47. The molecule has 3 rings (SSSR count). The maximum absolute atomic E-state index is 12.3. The summed E-state index contributed by atoms with van der Waals surface area (Å²) in [5.74, 6) is -1.32. The summed E-state index contributed by atoms with van der Waals surface area (Å²) >= 11 is 4.16. The zero-order valence-corrected chi connectivity index (χ0v) is 13.5. The number of aliphatic carboxylic acids is 1. The lowest BCUT2D eigenvalue weighted by Crippen LogP contribution is -2.69. The molecule has 114 valence electrons. The summed E-state index contributed by atoms with van der Waals surface area (Å²) in [4.78, 5) is 38.5. The number of alkyl halides is 1. The van der Waals surface area contributed by atoms with Gasteiger partial charge >= 0.3 is 5.97 Å². The minimum absolute atomic E-state index is 0.0287. The van der Waals surface area contributed by atoms with Crippen molar-refractivity contribution in [1.29, 1.82) is 0 Å². The molecule has 1 N–H and O–H groups in total. The average Bonchev–Trinajstić information content (AvgIpc) is 2.81. The van der Waals surface area contributed by atoms with Crippen molar-refractivity contribution in [3.63, 3.8) is 0 Å². The number of allylic oxidation sites excluding steroid dienone is 1. The minimum Gasteiger partial charge on any atom is -0.476 e.